The molecular formula is C12H18N6O2. The van der Waals surface area contributed by atoms with Gasteiger partial charge in [-0.3, -0.25) is 5.43 Å². The van der Waals surface area contributed by atoms with Gasteiger partial charge in [0.2, 0.25) is 11.9 Å². The first-order valence-corrected chi connectivity index (χ1v) is 6.92. The predicted octanol–water partition coefficient (Wildman–Crippen LogP) is -0.629. The van der Waals surface area contributed by atoms with E-state index in [0.717, 1.165) is 19.4 Å². The highest BCUT2D eigenvalue weighted by atomic mass is 16.5. The molecule has 5 unspecified atom stereocenters. The summed E-state index contributed by atoms with van der Waals surface area (Å²) in [6.07, 6.45) is 1.95. The number of hydrogen-bond donors (Lipinski definition) is 3. The Labute approximate surface area is 116 Å². The van der Waals surface area contributed by atoms with Crippen LogP contribution in [0.2, 0.25) is 0 Å². The highest BCUT2D eigenvalue weighted by Crippen LogP contribution is 2.55. The summed E-state index contributed by atoms with van der Waals surface area (Å²) in [4.78, 5) is 14.7. The highest BCUT2D eigenvalue weighted by molar-refractivity contribution is 5.43. The molecule has 3 fully saturated rings. The van der Waals surface area contributed by atoms with Crippen LogP contribution in [0.15, 0.2) is 0 Å². The number of ether oxygens (including phenoxy) is 1. The number of anilines is 2. The number of nitrogens with zero attached hydrogens (tertiary/aromatic N) is 4. The summed E-state index contributed by atoms with van der Waals surface area (Å²) < 4.78 is 5.09. The van der Waals surface area contributed by atoms with E-state index in [1.165, 1.54) is 7.11 Å². The zero-order valence-electron chi connectivity index (χ0n) is 11.2. The van der Waals surface area contributed by atoms with Crippen molar-refractivity contribution in [2.75, 3.05) is 24.0 Å². The number of aliphatic hydroxyl groups excluding tert-OH is 1. The van der Waals surface area contributed by atoms with Gasteiger partial charge in [-0.1, -0.05) is 0 Å². The normalized spacial score (nSPS) is 37.5. The number of hydrogen-bond acceptors (Lipinski definition) is 8. The lowest BCUT2D eigenvalue weighted by Crippen LogP contribution is -2.41. The summed E-state index contributed by atoms with van der Waals surface area (Å²) in [7, 11) is 1.51. The number of hydrazine groups is 1. The molecule has 2 bridgehead atoms. The van der Waals surface area contributed by atoms with Crippen molar-refractivity contribution in [3.8, 4) is 6.01 Å². The van der Waals surface area contributed by atoms with Gasteiger partial charge in [-0.25, -0.2) is 5.84 Å². The van der Waals surface area contributed by atoms with Crippen LogP contribution >= 0.6 is 0 Å². The van der Waals surface area contributed by atoms with Gasteiger partial charge in [0.1, 0.15) is 0 Å². The molecule has 20 heavy (non-hydrogen) atoms. The molecule has 108 valence electrons. The molecule has 1 saturated heterocycles. The monoisotopic (exact) mass is 278 g/mol. The lowest BCUT2D eigenvalue weighted by molar-refractivity contribution is 0.0963. The Morgan fingerprint density at radius 1 is 1.30 bits per heavy atom. The molecule has 8 heteroatoms. The Hall–Kier alpha value is -1.67. The Bertz CT molecular complexity index is 516. The van der Waals surface area contributed by atoms with Crippen LogP contribution < -0.4 is 20.9 Å². The minimum absolute atomic E-state index is 0.122. The largest absolute Gasteiger partial charge is 0.467 e. The number of aliphatic hydroxyl groups is 1. The van der Waals surface area contributed by atoms with Crippen molar-refractivity contribution in [2.24, 2.45) is 23.6 Å². The predicted molar refractivity (Wildman–Crippen MR) is 71.0 cm³/mol. The third-order valence-corrected chi connectivity index (χ3v) is 5.02. The molecule has 3 aliphatic rings. The van der Waals surface area contributed by atoms with Crippen molar-refractivity contribution in [1.82, 2.24) is 15.0 Å². The molecule has 0 spiro atoms. The molecule has 2 saturated carbocycles. The van der Waals surface area contributed by atoms with Gasteiger partial charge >= 0.3 is 6.01 Å². The molecule has 1 aromatic rings. The van der Waals surface area contributed by atoms with Crippen molar-refractivity contribution in [2.45, 2.75) is 25.0 Å². The van der Waals surface area contributed by atoms with Crippen molar-refractivity contribution in [1.29, 1.82) is 0 Å². The van der Waals surface area contributed by atoms with Crippen molar-refractivity contribution >= 4 is 11.9 Å². The van der Waals surface area contributed by atoms with E-state index in [4.69, 9.17) is 10.6 Å². The summed E-state index contributed by atoms with van der Waals surface area (Å²) >= 11 is 0. The van der Waals surface area contributed by atoms with Crippen LogP contribution in [-0.4, -0.2) is 45.9 Å². The minimum atomic E-state index is -0.282. The Kier molecular flexibility index (Phi) is 2.52. The van der Waals surface area contributed by atoms with Gasteiger partial charge in [0, 0.05) is 6.54 Å². The lowest BCUT2D eigenvalue weighted by atomic mass is 9.88. The van der Waals surface area contributed by atoms with Gasteiger partial charge in [0.15, 0.2) is 0 Å². The number of nitrogens with two attached hydrogens (primary N) is 1. The summed E-state index contributed by atoms with van der Waals surface area (Å²) in [6.45, 7) is 0.889. The number of nitrogen functional groups attached to an aromatic ring is 1. The first kappa shape index (κ1) is 12.1. The first-order chi connectivity index (χ1) is 9.71. The first-order valence-electron chi connectivity index (χ1n) is 6.92. The smallest absolute Gasteiger partial charge is 0.322 e. The maximum atomic E-state index is 10.4. The quantitative estimate of drug-likeness (QED) is 0.495. The van der Waals surface area contributed by atoms with Gasteiger partial charge in [-0.2, -0.15) is 15.0 Å². The van der Waals surface area contributed by atoms with E-state index in [0.29, 0.717) is 23.7 Å². The summed E-state index contributed by atoms with van der Waals surface area (Å²) in [5.41, 5.74) is 2.43. The van der Waals surface area contributed by atoms with Crippen LogP contribution in [0.25, 0.3) is 0 Å². The Morgan fingerprint density at radius 2 is 2.15 bits per heavy atom. The minimum Gasteiger partial charge on any atom is -0.467 e. The van der Waals surface area contributed by atoms with Gasteiger partial charge in [0.05, 0.1) is 19.3 Å². The standard InChI is InChI=1S/C12H18N6O2/c1-20-12-15-10(17-13)14-11(16-12)18-4-6-2-5-3-7(6)8(18)9(5)19/h5-9,19H,2-4,13H2,1H3,(H,14,15,16,17). The van der Waals surface area contributed by atoms with E-state index in [1.807, 2.05) is 0 Å². The third kappa shape index (κ3) is 1.52. The van der Waals surface area contributed by atoms with Crippen LogP contribution in [-0.2, 0) is 0 Å². The van der Waals surface area contributed by atoms with Crippen LogP contribution in [0.3, 0.4) is 0 Å². The lowest BCUT2D eigenvalue weighted by Gasteiger charge is -2.28. The van der Waals surface area contributed by atoms with Gasteiger partial charge in [-0.05, 0) is 30.6 Å². The maximum absolute atomic E-state index is 10.4. The summed E-state index contributed by atoms with van der Waals surface area (Å²) in [5.74, 6) is 7.84. The fourth-order valence-corrected chi connectivity index (χ4v) is 4.28. The molecule has 0 radical (unpaired) electrons. The number of methoxy groups -OCH3 is 1. The molecule has 1 aromatic heterocycles. The number of rotatable bonds is 3. The number of fused-ring (bicyclic) bond motifs is 1. The van der Waals surface area contributed by atoms with E-state index < -0.39 is 0 Å². The van der Waals surface area contributed by atoms with Crippen molar-refractivity contribution in [3.63, 3.8) is 0 Å². The van der Waals surface area contributed by atoms with E-state index in [1.54, 1.807) is 0 Å². The maximum Gasteiger partial charge on any atom is 0.322 e. The fourth-order valence-electron chi connectivity index (χ4n) is 4.28. The van der Waals surface area contributed by atoms with E-state index in [-0.39, 0.29) is 24.1 Å². The Morgan fingerprint density at radius 3 is 2.85 bits per heavy atom. The van der Waals surface area contributed by atoms with Gasteiger partial charge < -0.3 is 14.7 Å². The highest BCUT2D eigenvalue weighted by Gasteiger charge is 2.59. The molecule has 2 heterocycles. The second-order valence-electron chi connectivity index (χ2n) is 5.88. The molecule has 1 aliphatic heterocycles. The van der Waals surface area contributed by atoms with E-state index in [2.05, 4.69) is 25.3 Å². The van der Waals surface area contributed by atoms with Crippen molar-refractivity contribution in [3.05, 3.63) is 0 Å². The molecular weight excluding hydrogens is 260 g/mol. The number of nitrogens with one attached hydrogen (secondary N) is 1. The fraction of sp³-hybridized carbons (Fsp3) is 0.750. The average molecular weight is 278 g/mol. The molecule has 0 amide bonds. The van der Waals surface area contributed by atoms with E-state index in [9.17, 15) is 5.11 Å². The third-order valence-electron chi connectivity index (χ3n) is 5.02. The Balaban J connectivity index is 1.71. The summed E-state index contributed by atoms with van der Waals surface area (Å²) in [5, 5.41) is 10.4. The van der Waals surface area contributed by atoms with Gasteiger partial charge in [-0.15, -0.1) is 0 Å². The van der Waals surface area contributed by atoms with E-state index >= 15 is 0 Å². The average Bonchev–Trinajstić information content (AvgIpc) is 3.08. The van der Waals surface area contributed by atoms with Gasteiger partial charge in [0.25, 0.3) is 0 Å². The second kappa shape index (κ2) is 4.16. The SMILES string of the molecule is COc1nc(NN)nc(N2CC3CC4CC3C2C4O)n1. The molecule has 4 rings (SSSR count). The van der Waals surface area contributed by atoms with Crippen LogP contribution in [0.1, 0.15) is 12.8 Å². The van der Waals surface area contributed by atoms with Crippen LogP contribution in [0.4, 0.5) is 11.9 Å². The topological polar surface area (TPSA) is 109 Å². The number of aromatic nitrogens is 3. The van der Waals surface area contributed by atoms with Crippen LogP contribution in [0, 0.1) is 17.8 Å². The molecule has 8 nitrogen and oxygen atoms in total. The molecule has 4 N–H and O–H groups in total. The molecule has 5 atom stereocenters. The molecule has 2 aliphatic carbocycles. The second-order valence-corrected chi connectivity index (χ2v) is 5.88. The molecule has 0 aromatic carbocycles. The zero-order valence-corrected chi connectivity index (χ0v) is 11.2. The summed E-state index contributed by atoms with van der Waals surface area (Å²) in [6, 6.07) is 0.350. The van der Waals surface area contributed by atoms with Crippen LogP contribution in [0.5, 0.6) is 6.01 Å². The zero-order chi connectivity index (χ0) is 13.9. The van der Waals surface area contributed by atoms with Crippen molar-refractivity contribution < 1.29 is 9.84 Å².